The van der Waals surface area contributed by atoms with Crippen molar-refractivity contribution in [3.05, 3.63) is 64.3 Å². The van der Waals surface area contributed by atoms with E-state index in [9.17, 15) is 0 Å². The molecule has 0 aliphatic carbocycles. The molecule has 106 valence electrons. The van der Waals surface area contributed by atoms with Crippen molar-refractivity contribution in [3.8, 4) is 11.5 Å². The molecule has 5 heteroatoms. The van der Waals surface area contributed by atoms with Gasteiger partial charge in [-0.05, 0) is 42.0 Å². The van der Waals surface area contributed by atoms with Gasteiger partial charge in [0, 0.05) is 22.5 Å². The van der Waals surface area contributed by atoms with Gasteiger partial charge in [0.05, 0.1) is 5.02 Å². The van der Waals surface area contributed by atoms with E-state index in [0.717, 1.165) is 10.9 Å². The maximum atomic E-state index is 6.17. The van der Waals surface area contributed by atoms with Gasteiger partial charge in [-0.2, -0.15) is 0 Å². The monoisotopic (exact) mass is 337 g/mol. The van der Waals surface area contributed by atoms with E-state index in [1.54, 1.807) is 24.4 Å². The molecule has 0 bridgehead atoms. The summed E-state index contributed by atoms with van der Waals surface area (Å²) in [5.74, 6) is 1.62. The minimum absolute atomic E-state index is 0.366. The van der Waals surface area contributed by atoms with Gasteiger partial charge in [0.1, 0.15) is 11.3 Å². The summed E-state index contributed by atoms with van der Waals surface area (Å²) in [5.41, 5.74) is 1.58. The zero-order chi connectivity index (χ0) is 14.8. The summed E-state index contributed by atoms with van der Waals surface area (Å²) in [6, 6.07) is 12.7. The highest BCUT2D eigenvalue weighted by molar-refractivity contribution is 6.35. The lowest BCUT2D eigenvalue weighted by Gasteiger charge is -2.10. The molecule has 0 fully saturated rings. The molecule has 2 nitrogen and oxygen atoms in total. The Morgan fingerprint density at radius 3 is 2.62 bits per heavy atom. The molecule has 0 aliphatic rings. The summed E-state index contributed by atoms with van der Waals surface area (Å²) < 4.78 is 5.88. The molecule has 0 saturated heterocycles. The van der Waals surface area contributed by atoms with Crippen LogP contribution in [-0.2, 0) is 5.88 Å². The lowest BCUT2D eigenvalue weighted by Crippen LogP contribution is -1.89. The van der Waals surface area contributed by atoms with Crippen LogP contribution in [0, 0.1) is 0 Å². The largest absolute Gasteiger partial charge is 0.455 e. The predicted octanol–water partition coefficient (Wildman–Crippen LogP) is 6.07. The van der Waals surface area contributed by atoms with E-state index in [1.807, 2.05) is 24.3 Å². The number of nitrogens with zero attached hydrogens (tertiary/aromatic N) is 1. The van der Waals surface area contributed by atoms with Crippen molar-refractivity contribution in [2.45, 2.75) is 5.88 Å². The van der Waals surface area contributed by atoms with Gasteiger partial charge in [0.2, 0.25) is 0 Å². The second-order valence-corrected chi connectivity index (χ2v) is 5.52. The Bertz CT molecular complexity index is 805. The molecule has 3 aromatic rings. The second-order valence-electron chi connectivity index (χ2n) is 4.43. The summed E-state index contributed by atoms with van der Waals surface area (Å²) in [5, 5.41) is 2.06. The Labute approximate surface area is 137 Å². The number of halogens is 3. The number of hydrogen-bond donors (Lipinski definition) is 0. The summed E-state index contributed by atoms with van der Waals surface area (Å²) in [6.45, 7) is 0. The third-order valence-corrected chi connectivity index (χ3v) is 4.05. The molecule has 0 aliphatic heterocycles. The topological polar surface area (TPSA) is 22.1 Å². The Balaban J connectivity index is 2.02. The minimum atomic E-state index is 0.366. The van der Waals surface area contributed by atoms with E-state index in [1.165, 1.54) is 0 Å². The van der Waals surface area contributed by atoms with Crippen LogP contribution in [0.4, 0.5) is 0 Å². The lowest BCUT2D eigenvalue weighted by atomic mass is 10.2. The highest BCUT2D eigenvalue weighted by Crippen LogP contribution is 2.34. The molecule has 0 amide bonds. The number of pyridine rings is 1. The van der Waals surface area contributed by atoms with Crippen molar-refractivity contribution in [1.82, 2.24) is 4.98 Å². The Morgan fingerprint density at radius 1 is 1.00 bits per heavy atom. The van der Waals surface area contributed by atoms with Crippen LogP contribution in [0.1, 0.15) is 5.56 Å². The average Bonchev–Trinajstić information content (AvgIpc) is 2.51. The van der Waals surface area contributed by atoms with E-state index < -0.39 is 0 Å². The zero-order valence-corrected chi connectivity index (χ0v) is 13.1. The van der Waals surface area contributed by atoms with Crippen molar-refractivity contribution in [2.75, 3.05) is 0 Å². The van der Waals surface area contributed by atoms with Gasteiger partial charge in [-0.3, -0.25) is 4.98 Å². The molecule has 0 radical (unpaired) electrons. The van der Waals surface area contributed by atoms with Gasteiger partial charge in [-0.15, -0.1) is 11.6 Å². The molecular weight excluding hydrogens is 329 g/mol. The van der Waals surface area contributed by atoms with Crippen LogP contribution in [0.25, 0.3) is 10.9 Å². The SMILES string of the molecule is ClCc1ccc(Oc2ccc(Cl)c3cccnc23)cc1Cl. The number of aromatic nitrogens is 1. The highest BCUT2D eigenvalue weighted by atomic mass is 35.5. The first-order valence-corrected chi connectivity index (χ1v) is 7.53. The molecule has 3 rings (SSSR count). The van der Waals surface area contributed by atoms with E-state index >= 15 is 0 Å². The van der Waals surface area contributed by atoms with Crippen LogP contribution < -0.4 is 4.74 Å². The number of alkyl halides is 1. The molecule has 0 spiro atoms. The molecule has 1 aromatic heterocycles. The number of ether oxygens (including phenoxy) is 1. The van der Waals surface area contributed by atoms with E-state index in [4.69, 9.17) is 39.5 Å². The van der Waals surface area contributed by atoms with Crippen LogP contribution in [-0.4, -0.2) is 4.98 Å². The predicted molar refractivity (Wildman–Crippen MR) is 87.8 cm³/mol. The Hall–Kier alpha value is -1.48. The van der Waals surface area contributed by atoms with E-state index in [-0.39, 0.29) is 0 Å². The Kier molecular flexibility index (Phi) is 4.20. The Morgan fingerprint density at radius 2 is 1.86 bits per heavy atom. The molecule has 0 atom stereocenters. The standard InChI is InChI=1S/C16H10Cl3NO/c17-9-10-3-4-11(8-14(10)19)21-15-6-5-13(18)12-2-1-7-20-16(12)15/h1-8H,9H2. The van der Waals surface area contributed by atoms with Crippen LogP contribution in [0.2, 0.25) is 10.0 Å². The van der Waals surface area contributed by atoms with Crippen molar-refractivity contribution in [2.24, 2.45) is 0 Å². The molecule has 1 heterocycles. The fourth-order valence-corrected chi connectivity index (χ4v) is 2.78. The highest BCUT2D eigenvalue weighted by Gasteiger charge is 2.09. The third kappa shape index (κ3) is 2.93. The van der Waals surface area contributed by atoms with Crippen molar-refractivity contribution in [1.29, 1.82) is 0 Å². The smallest absolute Gasteiger partial charge is 0.153 e. The van der Waals surface area contributed by atoms with Gasteiger partial charge < -0.3 is 4.74 Å². The summed E-state index contributed by atoms with van der Waals surface area (Å²) in [7, 11) is 0. The van der Waals surface area contributed by atoms with Crippen LogP contribution in [0.3, 0.4) is 0 Å². The zero-order valence-electron chi connectivity index (χ0n) is 10.8. The summed E-state index contributed by atoms with van der Waals surface area (Å²) >= 11 is 18.1. The maximum Gasteiger partial charge on any atom is 0.153 e. The maximum absolute atomic E-state index is 6.17. The number of benzene rings is 2. The first-order valence-electron chi connectivity index (χ1n) is 6.24. The average molecular weight is 339 g/mol. The molecule has 0 N–H and O–H groups in total. The fraction of sp³-hybridized carbons (Fsp3) is 0.0625. The van der Waals surface area contributed by atoms with Crippen LogP contribution in [0.15, 0.2) is 48.7 Å². The van der Waals surface area contributed by atoms with Crippen molar-refractivity contribution >= 4 is 45.7 Å². The fourth-order valence-electron chi connectivity index (χ4n) is 2.02. The molecule has 0 unspecified atom stereocenters. The lowest BCUT2D eigenvalue weighted by molar-refractivity contribution is 0.487. The molecule has 21 heavy (non-hydrogen) atoms. The first-order chi connectivity index (χ1) is 10.2. The molecule has 2 aromatic carbocycles. The quantitative estimate of drug-likeness (QED) is 0.540. The van der Waals surface area contributed by atoms with Crippen LogP contribution in [0.5, 0.6) is 11.5 Å². The molecular formula is C16H10Cl3NO. The van der Waals surface area contributed by atoms with Gasteiger partial charge in [0.25, 0.3) is 0 Å². The van der Waals surface area contributed by atoms with E-state index in [2.05, 4.69) is 4.98 Å². The van der Waals surface area contributed by atoms with Gasteiger partial charge in [-0.25, -0.2) is 0 Å². The van der Waals surface area contributed by atoms with Crippen molar-refractivity contribution in [3.63, 3.8) is 0 Å². The number of fused-ring (bicyclic) bond motifs is 1. The van der Waals surface area contributed by atoms with E-state index in [0.29, 0.717) is 32.9 Å². The number of hydrogen-bond acceptors (Lipinski definition) is 2. The minimum Gasteiger partial charge on any atom is -0.455 e. The van der Waals surface area contributed by atoms with Gasteiger partial charge in [0.15, 0.2) is 5.75 Å². The van der Waals surface area contributed by atoms with Gasteiger partial charge in [-0.1, -0.05) is 29.3 Å². The summed E-state index contributed by atoms with van der Waals surface area (Å²) in [4.78, 5) is 4.33. The summed E-state index contributed by atoms with van der Waals surface area (Å²) in [6.07, 6.45) is 1.70. The second kappa shape index (κ2) is 6.10. The van der Waals surface area contributed by atoms with Crippen LogP contribution >= 0.6 is 34.8 Å². The van der Waals surface area contributed by atoms with Gasteiger partial charge >= 0.3 is 0 Å². The first kappa shape index (κ1) is 14.5. The normalized spacial score (nSPS) is 10.8. The van der Waals surface area contributed by atoms with Crippen molar-refractivity contribution < 1.29 is 4.74 Å². The number of rotatable bonds is 3. The third-order valence-electron chi connectivity index (χ3n) is 3.08. The molecule has 0 saturated carbocycles.